The van der Waals surface area contributed by atoms with Crippen LogP contribution in [-0.4, -0.2) is 22.5 Å². The van der Waals surface area contributed by atoms with Crippen LogP contribution in [0.2, 0.25) is 0 Å². The van der Waals surface area contributed by atoms with Gasteiger partial charge in [-0.15, -0.1) is 11.8 Å². The molecule has 0 saturated carbocycles. The zero-order valence-electron chi connectivity index (χ0n) is 10.6. The van der Waals surface area contributed by atoms with Gasteiger partial charge in [0.25, 0.3) is 0 Å². The van der Waals surface area contributed by atoms with Crippen molar-refractivity contribution in [1.29, 1.82) is 0 Å². The second kappa shape index (κ2) is 5.23. The maximum absolute atomic E-state index is 10.5. The highest BCUT2D eigenvalue weighted by Gasteiger charge is 2.29. The molecule has 1 aromatic heterocycles. The van der Waals surface area contributed by atoms with Gasteiger partial charge in [-0.25, -0.2) is 0 Å². The third kappa shape index (κ3) is 2.46. The number of hydrogen-bond acceptors (Lipinski definition) is 4. The number of benzene rings is 1. The van der Waals surface area contributed by atoms with Crippen molar-refractivity contribution < 1.29 is 9.84 Å². The SMILES string of the molecule is COc1cncc(C(O)C2Cc3ccccc3S2)c1. The minimum Gasteiger partial charge on any atom is -0.495 e. The second-order valence-corrected chi connectivity index (χ2v) is 5.85. The van der Waals surface area contributed by atoms with Crippen molar-refractivity contribution in [2.24, 2.45) is 0 Å². The van der Waals surface area contributed by atoms with Crippen LogP contribution in [0.4, 0.5) is 0 Å². The third-order valence-corrected chi connectivity index (χ3v) is 4.72. The minimum absolute atomic E-state index is 0.145. The first-order valence-electron chi connectivity index (χ1n) is 6.19. The van der Waals surface area contributed by atoms with Gasteiger partial charge in [-0.05, 0) is 24.1 Å². The van der Waals surface area contributed by atoms with Crippen molar-refractivity contribution in [1.82, 2.24) is 4.98 Å². The number of fused-ring (bicyclic) bond motifs is 1. The van der Waals surface area contributed by atoms with E-state index in [4.69, 9.17) is 4.74 Å². The first-order valence-corrected chi connectivity index (χ1v) is 7.07. The van der Waals surface area contributed by atoms with E-state index in [0.29, 0.717) is 5.75 Å². The molecule has 4 heteroatoms. The fourth-order valence-corrected chi connectivity index (χ4v) is 3.64. The molecule has 2 atom stereocenters. The van der Waals surface area contributed by atoms with E-state index in [2.05, 4.69) is 17.1 Å². The molecule has 1 aliphatic rings. The molecule has 2 heterocycles. The summed E-state index contributed by atoms with van der Waals surface area (Å²) in [5, 5.41) is 10.6. The first-order chi connectivity index (χ1) is 9.28. The fraction of sp³-hybridized carbons (Fsp3) is 0.267. The van der Waals surface area contributed by atoms with Crippen molar-refractivity contribution in [3.05, 3.63) is 53.9 Å². The van der Waals surface area contributed by atoms with E-state index in [1.807, 2.05) is 18.2 Å². The molecule has 3 nitrogen and oxygen atoms in total. The molecule has 1 N–H and O–H groups in total. The van der Waals surface area contributed by atoms with Crippen LogP contribution in [0, 0.1) is 0 Å². The molecule has 0 fully saturated rings. The van der Waals surface area contributed by atoms with Crippen molar-refractivity contribution in [3.8, 4) is 5.75 Å². The Kier molecular flexibility index (Phi) is 3.44. The van der Waals surface area contributed by atoms with Crippen molar-refractivity contribution in [2.45, 2.75) is 22.7 Å². The topological polar surface area (TPSA) is 42.4 Å². The van der Waals surface area contributed by atoms with Gasteiger partial charge in [0.2, 0.25) is 0 Å². The van der Waals surface area contributed by atoms with E-state index in [1.165, 1.54) is 10.5 Å². The minimum atomic E-state index is -0.528. The summed E-state index contributed by atoms with van der Waals surface area (Å²) < 4.78 is 5.15. The normalized spacial score (nSPS) is 18.9. The maximum atomic E-state index is 10.5. The molecular weight excluding hydrogens is 258 g/mol. The van der Waals surface area contributed by atoms with E-state index in [1.54, 1.807) is 31.3 Å². The monoisotopic (exact) mass is 273 g/mol. The fourth-order valence-electron chi connectivity index (χ4n) is 2.31. The lowest BCUT2D eigenvalue weighted by molar-refractivity contribution is 0.174. The summed E-state index contributed by atoms with van der Waals surface area (Å²) in [6, 6.07) is 10.2. The third-order valence-electron chi connectivity index (χ3n) is 3.34. The Morgan fingerprint density at radius 2 is 2.21 bits per heavy atom. The van der Waals surface area contributed by atoms with Gasteiger partial charge in [-0.1, -0.05) is 18.2 Å². The number of aliphatic hydroxyl groups excluding tert-OH is 1. The number of aromatic nitrogens is 1. The highest BCUT2D eigenvalue weighted by atomic mass is 32.2. The second-order valence-electron chi connectivity index (χ2n) is 4.57. The number of methoxy groups -OCH3 is 1. The van der Waals surface area contributed by atoms with Gasteiger partial charge in [0.05, 0.1) is 19.4 Å². The predicted molar refractivity (Wildman–Crippen MR) is 75.5 cm³/mol. The highest BCUT2D eigenvalue weighted by Crippen LogP contribution is 2.42. The summed E-state index contributed by atoms with van der Waals surface area (Å²) in [5.74, 6) is 0.678. The largest absolute Gasteiger partial charge is 0.495 e. The zero-order chi connectivity index (χ0) is 13.2. The molecule has 0 bridgehead atoms. The predicted octanol–water partition coefficient (Wildman–Crippen LogP) is 2.84. The van der Waals surface area contributed by atoms with Gasteiger partial charge in [-0.3, -0.25) is 4.98 Å². The van der Waals surface area contributed by atoms with Gasteiger partial charge >= 0.3 is 0 Å². The molecule has 2 aromatic rings. The van der Waals surface area contributed by atoms with Crippen LogP contribution in [0.3, 0.4) is 0 Å². The molecule has 0 spiro atoms. The van der Waals surface area contributed by atoms with Crippen LogP contribution in [0.1, 0.15) is 17.2 Å². The molecule has 98 valence electrons. The number of thioether (sulfide) groups is 1. The van der Waals surface area contributed by atoms with Crippen molar-refractivity contribution in [2.75, 3.05) is 7.11 Å². The Labute approximate surface area is 116 Å². The van der Waals surface area contributed by atoms with Crippen LogP contribution in [0.25, 0.3) is 0 Å². The summed E-state index contributed by atoms with van der Waals surface area (Å²) >= 11 is 1.73. The van der Waals surface area contributed by atoms with Gasteiger partial charge in [0.15, 0.2) is 0 Å². The highest BCUT2D eigenvalue weighted by molar-refractivity contribution is 8.00. The van der Waals surface area contributed by atoms with Crippen molar-refractivity contribution in [3.63, 3.8) is 0 Å². The smallest absolute Gasteiger partial charge is 0.137 e. The molecule has 1 aromatic carbocycles. The van der Waals surface area contributed by atoms with Crippen LogP contribution in [0.5, 0.6) is 5.75 Å². The Bertz CT molecular complexity index is 563. The lowest BCUT2D eigenvalue weighted by Gasteiger charge is -2.17. The zero-order valence-corrected chi connectivity index (χ0v) is 11.4. The van der Waals surface area contributed by atoms with Gasteiger partial charge < -0.3 is 9.84 Å². The molecule has 1 aliphatic heterocycles. The number of rotatable bonds is 3. The number of nitrogens with zero attached hydrogens (tertiary/aromatic N) is 1. The molecular formula is C15H15NO2S. The molecule has 0 aliphatic carbocycles. The summed E-state index contributed by atoms with van der Waals surface area (Å²) in [5.41, 5.74) is 2.12. The maximum Gasteiger partial charge on any atom is 0.137 e. The lowest BCUT2D eigenvalue weighted by atomic mass is 10.0. The van der Waals surface area contributed by atoms with Crippen LogP contribution >= 0.6 is 11.8 Å². The van der Waals surface area contributed by atoms with Gasteiger partial charge in [0.1, 0.15) is 5.75 Å². The van der Waals surface area contributed by atoms with Gasteiger partial charge in [-0.2, -0.15) is 0 Å². The summed E-state index contributed by atoms with van der Waals surface area (Å²) in [7, 11) is 1.60. The number of hydrogen-bond donors (Lipinski definition) is 1. The van der Waals surface area contributed by atoms with Gasteiger partial charge in [0, 0.05) is 21.9 Å². The van der Waals surface area contributed by atoms with E-state index in [-0.39, 0.29) is 5.25 Å². The molecule has 0 saturated heterocycles. The van der Waals surface area contributed by atoms with E-state index in [9.17, 15) is 5.11 Å². The number of ether oxygens (including phenoxy) is 1. The van der Waals surface area contributed by atoms with Crippen LogP contribution < -0.4 is 4.74 Å². The average Bonchev–Trinajstić information content (AvgIpc) is 2.90. The standard InChI is InChI=1S/C15H15NO2S/c1-18-12-6-11(8-16-9-12)15(17)14-7-10-4-2-3-5-13(10)19-14/h2-6,8-9,14-15,17H,7H2,1H3. The average molecular weight is 273 g/mol. The lowest BCUT2D eigenvalue weighted by Crippen LogP contribution is -2.14. The summed E-state index contributed by atoms with van der Waals surface area (Å²) in [4.78, 5) is 5.37. The van der Waals surface area contributed by atoms with E-state index >= 15 is 0 Å². The van der Waals surface area contributed by atoms with Crippen LogP contribution in [-0.2, 0) is 6.42 Å². The Balaban J connectivity index is 1.80. The molecule has 0 radical (unpaired) electrons. The molecule has 2 unspecified atom stereocenters. The van der Waals surface area contributed by atoms with Crippen molar-refractivity contribution >= 4 is 11.8 Å². The first kappa shape index (κ1) is 12.5. The summed E-state index contributed by atoms with van der Waals surface area (Å²) in [6.07, 6.45) is 3.71. The molecule has 3 rings (SSSR count). The number of aliphatic hydroxyl groups is 1. The van der Waals surface area contributed by atoms with Crippen LogP contribution in [0.15, 0.2) is 47.6 Å². The Hall–Kier alpha value is -1.52. The Morgan fingerprint density at radius 1 is 1.37 bits per heavy atom. The quantitative estimate of drug-likeness (QED) is 0.933. The molecule has 19 heavy (non-hydrogen) atoms. The Morgan fingerprint density at radius 3 is 3.00 bits per heavy atom. The van der Waals surface area contributed by atoms with E-state index < -0.39 is 6.10 Å². The van der Waals surface area contributed by atoms with E-state index in [0.717, 1.165) is 12.0 Å². The molecule has 0 amide bonds. The number of pyridine rings is 1. The summed E-state index contributed by atoms with van der Waals surface area (Å²) in [6.45, 7) is 0.